The first kappa shape index (κ1) is 21.6. The lowest BCUT2D eigenvalue weighted by molar-refractivity contribution is -0.120. The number of fused-ring (bicyclic) bond motifs is 1. The van der Waals surface area contributed by atoms with E-state index in [9.17, 15) is 9.59 Å². The summed E-state index contributed by atoms with van der Waals surface area (Å²) in [5.74, 6) is 1.01. The lowest BCUT2D eigenvalue weighted by Crippen LogP contribution is -2.42. The molecule has 3 aromatic rings. The molecule has 0 saturated heterocycles. The third kappa shape index (κ3) is 5.28. The molecule has 29 heavy (non-hydrogen) atoms. The van der Waals surface area contributed by atoms with Crippen molar-refractivity contribution in [1.29, 1.82) is 0 Å². The molecule has 1 aromatic carbocycles. The lowest BCUT2D eigenvalue weighted by atomic mass is 10.1. The highest BCUT2D eigenvalue weighted by atomic mass is 32.2. The highest BCUT2D eigenvalue weighted by molar-refractivity contribution is 8.00. The zero-order valence-electron chi connectivity index (χ0n) is 16.3. The number of benzene rings is 1. The largest absolute Gasteiger partial charge is 0.351 e. The molecule has 0 aliphatic rings. The van der Waals surface area contributed by atoms with E-state index in [1.54, 1.807) is 23.1 Å². The molecule has 2 heterocycles. The fourth-order valence-electron chi connectivity index (χ4n) is 2.67. The van der Waals surface area contributed by atoms with Gasteiger partial charge in [-0.25, -0.2) is 9.78 Å². The van der Waals surface area contributed by atoms with Gasteiger partial charge in [0.1, 0.15) is 5.82 Å². The molecule has 0 fully saturated rings. The fraction of sp³-hybridized carbons (Fsp3) is 0.389. The van der Waals surface area contributed by atoms with Crippen molar-refractivity contribution < 1.29 is 9.59 Å². The van der Waals surface area contributed by atoms with Gasteiger partial charge in [0, 0.05) is 6.54 Å². The molecule has 11 heteroatoms. The van der Waals surface area contributed by atoms with Crippen LogP contribution < -0.4 is 11.1 Å². The first-order valence-electron chi connectivity index (χ1n) is 9.06. The summed E-state index contributed by atoms with van der Waals surface area (Å²) >= 11 is 4.56. The summed E-state index contributed by atoms with van der Waals surface area (Å²) in [7, 11) is 0. The Labute approximate surface area is 181 Å². The summed E-state index contributed by atoms with van der Waals surface area (Å²) in [6, 6.07) is 7.19. The Morgan fingerprint density at radius 1 is 1.28 bits per heavy atom. The van der Waals surface area contributed by atoms with Crippen molar-refractivity contribution >= 4 is 57.0 Å². The Morgan fingerprint density at radius 2 is 2.03 bits per heavy atom. The van der Waals surface area contributed by atoms with E-state index in [4.69, 9.17) is 5.73 Å². The number of nitrogens with one attached hydrogen (secondary N) is 1. The molecule has 8 nitrogen and oxygen atoms in total. The number of amides is 3. The number of urea groups is 1. The van der Waals surface area contributed by atoms with Gasteiger partial charge >= 0.3 is 6.03 Å². The Kier molecular flexibility index (Phi) is 7.14. The second kappa shape index (κ2) is 9.59. The molecule has 0 bridgehead atoms. The summed E-state index contributed by atoms with van der Waals surface area (Å²) in [6.45, 7) is 6.50. The van der Waals surface area contributed by atoms with E-state index < -0.39 is 17.2 Å². The van der Waals surface area contributed by atoms with Gasteiger partial charge in [0.15, 0.2) is 9.50 Å². The number of imide groups is 1. The number of aromatic nitrogens is 4. The van der Waals surface area contributed by atoms with Crippen molar-refractivity contribution in [3.05, 3.63) is 30.1 Å². The number of carbonyl (C=O) groups excluding carboxylic acids is 2. The summed E-state index contributed by atoms with van der Waals surface area (Å²) in [4.78, 5) is 28.0. The van der Waals surface area contributed by atoms with Crippen molar-refractivity contribution in [2.24, 2.45) is 11.7 Å². The Hall–Kier alpha value is -2.11. The first-order valence-corrected chi connectivity index (χ1v) is 11.7. The van der Waals surface area contributed by atoms with Crippen LogP contribution in [0.3, 0.4) is 0 Å². The number of primary amides is 1. The number of thiazole rings is 1. The number of hydrogen-bond donors (Lipinski definition) is 2. The molecule has 2 aromatic heterocycles. The molecule has 3 amide bonds. The maximum atomic E-state index is 12.3. The number of rotatable bonds is 8. The van der Waals surface area contributed by atoms with E-state index in [0.29, 0.717) is 17.5 Å². The molecule has 3 rings (SSSR count). The SMILES string of the molecule is CCn1c(CSc2nc3ccccc3s2)nnc1S[C@H](C(=O)NC(N)=O)C(C)C. The number of carbonyl (C=O) groups is 2. The van der Waals surface area contributed by atoms with Crippen LogP contribution in [0.2, 0.25) is 0 Å². The highest BCUT2D eigenvalue weighted by Crippen LogP contribution is 2.33. The number of hydrogen-bond acceptors (Lipinski definition) is 8. The van der Waals surface area contributed by atoms with Gasteiger partial charge in [0.25, 0.3) is 0 Å². The van der Waals surface area contributed by atoms with Gasteiger partial charge in [-0.3, -0.25) is 10.1 Å². The quantitative estimate of drug-likeness (QED) is 0.505. The normalized spacial score (nSPS) is 12.4. The topological polar surface area (TPSA) is 116 Å². The Bertz CT molecular complexity index is 983. The Balaban J connectivity index is 1.73. The van der Waals surface area contributed by atoms with Crippen LogP contribution in [0.1, 0.15) is 26.6 Å². The predicted octanol–water partition coefficient (Wildman–Crippen LogP) is 3.51. The first-order chi connectivity index (χ1) is 13.9. The van der Waals surface area contributed by atoms with E-state index in [1.165, 1.54) is 11.8 Å². The third-order valence-corrected chi connectivity index (χ3v) is 7.75. The molecule has 154 valence electrons. The second-order valence-electron chi connectivity index (χ2n) is 6.52. The van der Waals surface area contributed by atoms with Gasteiger partial charge in [-0.1, -0.05) is 49.5 Å². The molecule has 1 atom stereocenters. The van der Waals surface area contributed by atoms with Crippen LogP contribution >= 0.6 is 34.9 Å². The molecular weight excluding hydrogens is 428 g/mol. The highest BCUT2D eigenvalue weighted by Gasteiger charge is 2.27. The van der Waals surface area contributed by atoms with E-state index in [-0.39, 0.29) is 5.92 Å². The van der Waals surface area contributed by atoms with Crippen molar-refractivity contribution in [2.75, 3.05) is 0 Å². The van der Waals surface area contributed by atoms with Crippen molar-refractivity contribution in [3.63, 3.8) is 0 Å². The maximum Gasteiger partial charge on any atom is 0.318 e. The molecule has 0 saturated carbocycles. The predicted molar refractivity (Wildman–Crippen MR) is 117 cm³/mol. The van der Waals surface area contributed by atoms with Crippen LogP contribution in [0, 0.1) is 5.92 Å². The van der Waals surface area contributed by atoms with Crippen molar-refractivity contribution in [1.82, 2.24) is 25.1 Å². The maximum absolute atomic E-state index is 12.3. The van der Waals surface area contributed by atoms with Crippen LogP contribution in [0.15, 0.2) is 33.8 Å². The lowest BCUT2D eigenvalue weighted by Gasteiger charge is -2.18. The zero-order valence-corrected chi connectivity index (χ0v) is 18.7. The smallest absolute Gasteiger partial charge is 0.318 e. The molecule has 0 aliphatic heterocycles. The minimum absolute atomic E-state index is 0.0121. The van der Waals surface area contributed by atoms with E-state index >= 15 is 0 Å². The average Bonchev–Trinajstić information content (AvgIpc) is 3.26. The van der Waals surface area contributed by atoms with Gasteiger partial charge < -0.3 is 10.3 Å². The zero-order chi connectivity index (χ0) is 21.0. The van der Waals surface area contributed by atoms with Gasteiger partial charge in [-0.2, -0.15) is 0 Å². The van der Waals surface area contributed by atoms with Crippen LogP contribution in [0.25, 0.3) is 10.2 Å². The molecule has 0 radical (unpaired) electrons. The average molecular weight is 451 g/mol. The number of nitrogens with two attached hydrogens (primary N) is 1. The summed E-state index contributed by atoms with van der Waals surface area (Å²) in [5, 5.41) is 10.9. The number of nitrogens with zero attached hydrogens (tertiary/aromatic N) is 4. The van der Waals surface area contributed by atoms with Gasteiger partial charge in [-0.15, -0.1) is 21.5 Å². The van der Waals surface area contributed by atoms with E-state index in [0.717, 1.165) is 20.4 Å². The molecule has 0 spiro atoms. The summed E-state index contributed by atoms with van der Waals surface area (Å²) in [5.41, 5.74) is 6.08. The van der Waals surface area contributed by atoms with Crippen LogP contribution in [0.5, 0.6) is 0 Å². The van der Waals surface area contributed by atoms with Crippen LogP contribution in [-0.4, -0.2) is 36.9 Å². The summed E-state index contributed by atoms with van der Waals surface area (Å²) < 4.78 is 4.12. The molecule has 0 aliphatic carbocycles. The number of thioether (sulfide) groups is 2. The molecule has 0 unspecified atom stereocenters. The van der Waals surface area contributed by atoms with E-state index in [2.05, 4.69) is 26.6 Å². The minimum Gasteiger partial charge on any atom is -0.351 e. The van der Waals surface area contributed by atoms with Gasteiger partial charge in [0.05, 0.1) is 21.2 Å². The second-order valence-corrected chi connectivity index (χ2v) is 9.88. The summed E-state index contributed by atoms with van der Waals surface area (Å²) in [6.07, 6.45) is 0. The standard InChI is InChI=1S/C18H22N6O2S3/c1-4-24-13(9-27-18-20-11-7-5-6-8-12(11)28-18)22-23-17(24)29-14(10(2)3)15(25)21-16(19)26/h5-8,10,14H,4,9H2,1-3H3,(H3,19,21,25,26)/t14-/m0/s1. The number of para-hydroxylation sites is 1. The van der Waals surface area contributed by atoms with Gasteiger partial charge in [-0.05, 0) is 25.0 Å². The van der Waals surface area contributed by atoms with Crippen LogP contribution in [0.4, 0.5) is 4.79 Å². The van der Waals surface area contributed by atoms with Crippen LogP contribution in [-0.2, 0) is 17.1 Å². The molecular formula is C18H22N6O2S3. The van der Waals surface area contributed by atoms with Crippen molar-refractivity contribution in [2.45, 2.75) is 47.8 Å². The minimum atomic E-state index is -0.855. The van der Waals surface area contributed by atoms with Crippen molar-refractivity contribution in [3.8, 4) is 0 Å². The monoisotopic (exact) mass is 450 g/mol. The third-order valence-electron chi connectivity index (χ3n) is 4.05. The fourth-order valence-corrected chi connectivity index (χ4v) is 5.79. The Morgan fingerprint density at radius 3 is 2.69 bits per heavy atom. The van der Waals surface area contributed by atoms with Gasteiger partial charge in [0.2, 0.25) is 5.91 Å². The van der Waals surface area contributed by atoms with E-state index in [1.807, 2.05) is 43.5 Å². The molecule has 3 N–H and O–H groups in total.